The predicted molar refractivity (Wildman–Crippen MR) is 79.6 cm³/mol. The van der Waals surface area contributed by atoms with Gasteiger partial charge in [-0.2, -0.15) is 4.98 Å². The Hall–Kier alpha value is -1.33. The van der Waals surface area contributed by atoms with Crippen LogP contribution < -0.4 is 5.32 Å². The van der Waals surface area contributed by atoms with Crippen molar-refractivity contribution in [2.75, 3.05) is 13.1 Å². The maximum absolute atomic E-state index is 5.35. The maximum Gasteiger partial charge on any atom is 0.226 e. The van der Waals surface area contributed by atoms with Gasteiger partial charge >= 0.3 is 0 Å². The molecule has 2 heterocycles. The van der Waals surface area contributed by atoms with E-state index >= 15 is 0 Å². The normalized spacial score (nSPS) is 19.1. The minimum Gasteiger partial charge on any atom is -0.339 e. The van der Waals surface area contributed by atoms with Gasteiger partial charge < -0.3 is 9.84 Å². The molecule has 2 aromatic rings. The number of hydrogen-bond donors (Lipinski definition) is 1. The van der Waals surface area contributed by atoms with E-state index in [2.05, 4.69) is 27.6 Å². The molecule has 0 radical (unpaired) electrons. The third-order valence-corrected chi connectivity index (χ3v) is 4.49. The maximum atomic E-state index is 5.35. The van der Waals surface area contributed by atoms with Crippen LogP contribution in [0.1, 0.15) is 24.6 Å². The lowest BCUT2D eigenvalue weighted by atomic mass is 9.96. The zero-order chi connectivity index (χ0) is 13.6. The van der Waals surface area contributed by atoms with Gasteiger partial charge in [0.15, 0.2) is 5.82 Å². The number of thioether (sulfide) groups is 1. The van der Waals surface area contributed by atoms with E-state index in [9.17, 15) is 0 Å². The number of nitrogens with zero attached hydrogens (tertiary/aromatic N) is 2. The summed E-state index contributed by atoms with van der Waals surface area (Å²) in [5.41, 5.74) is 0. The molecule has 20 heavy (non-hydrogen) atoms. The number of piperidine rings is 1. The molecule has 1 atom stereocenters. The summed E-state index contributed by atoms with van der Waals surface area (Å²) in [6.07, 6.45) is 3.40. The van der Waals surface area contributed by atoms with Crippen LogP contribution in [0.4, 0.5) is 0 Å². The van der Waals surface area contributed by atoms with Crippen LogP contribution in [-0.2, 0) is 12.2 Å². The van der Waals surface area contributed by atoms with Gasteiger partial charge in [-0.3, -0.25) is 0 Å². The molecule has 5 heteroatoms. The Morgan fingerprint density at radius 2 is 2.20 bits per heavy atom. The third-order valence-electron chi connectivity index (χ3n) is 3.48. The Labute approximate surface area is 123 Å². The van der Waals surface area contributed by atoms with Crippen LogP contribution in [0, 0.1) is 5.92 Å². The molecule has 0 amide bonds. The van der Waals surface area contributed by atoms with Gasteiger partial charge in [0.05, 0.1) is 5.75 Å². The summed E-state index contributed by atoms with van der Waals surface area (Å²) >= 11 is 1.74. The predicted octanol–water partition coefficient (Wildman–Crippen LogP) is 2.90. The molecular weight excluding hydrogens is 270 g/mol. The van der Waals surface area contributed by atoms with Crippen molar-refractivity contribution < 1.29 is 4.52 Å². The number of nitrogens with one attached hydrogen (secondary N) is 1. The highest BCUT2D eigenvalue weighted by Crippen LogP contribution is 2.21. The highest BCUT2D eigenvalue weighted by molar-refractivity contribution is 7.98. The van der Waals surface area contributed by atoms with Crippen molar-refractivity contribution in [2.45, 2.75) is 29.9 Å². The van der Waals surface area contributed by atoms with Crippen molar-refractivity contribution in [3.8, 4) is 0 Å². The fraction of sp³-hybridized carbons (Fsp3) is 0.467. The van der Waals surface area contributed by atoms with Crippen LogP contribution in [0.5, 0.6) is 0 Å². The van der Waals surface area contributed by atoms with Crippen molar-refractivity contribution in [3.05, 3.63) is 42.0 Å². The van der Waals surface area contributed by atoms with Crippen molar-refractivity contribution in [3.63, 3.8) is 0 Å². The van der Waals surface area contributed by atoms with Crippen LogP contribution in [0.15, 0.2) is 39.8 Å². The molecule has 0 spiro atoms. The summed E-state index contributed by atoms with van der Waals surface area (Å²) in [5.74, 6) is 2.97. The summed E-state index contributed by atoms with van der Waals surface area (Å²) in [5, 5.41) is 7.48. The fourth-order valence-electron chi connectivity index (χ4n) is 2.44. The lowest BCUT2D eigenvalue weighted by molar-refractivity contribution is 0.315. The van der Waals surface area contributed by atoms with Crippen molar-refractivity contribution in [2.24, 2.45) is 5.92 Å². The van der Waals surface area contributed by atoms with E-state index in [-0.39, 0.29) is 0 Å². The van der Waals surface area contributed by atoms with E-state index < -0.39 is 0 Å². The molecule has 4 nitrogen and oxygen atoms in total. The number of hydrogen-bond acceptors (Lipinski definition) is 5. The standard InChI is InChI=1S/C15H19N3OS/c1-2-6-13(7-3-1)20-11-14-17-15(19-18-14)9-12-5-4-8-16-10-12/h1-3,6-7,12,16H,4-5,8-11H2. The molecular formula is C15H19N3OS. The van der Waals surface area contributed by atoms with Crippen LogP contribution in [0.2, 0.25) is 0 Å². The fourth-order valence-corrected chi connectivity index (χ4v) is 3.20. The smallest absolute Gasteiger partial charge is 0.226 e. The Bertz CT molecular complexity index is 523. The lowest BCUT2D eigenvalue weighted by Gasteiger charge is -2.20. The van der Waals surface area contributed by atoms with Gasteiger partial charge in [-0.05, 0) is 44.0 Å². The molecule has 1 aromatic carbocycles. The topological polar surface area (TPSA) is 51.0 Å². The molecule has 0 saturated carbocycles. The third kappa shape index (κ3) is 3.84. The van der Waals surface area contributed by atoms with Crippen molar-refractivity contribution >= 4 is 11.8 Å². The quantitative estimate of drug-likeness (QED) is 0.858. The molecule has 1 aliphatic heterocycles. The Morgan fingerprint density at radius 1 is 1.30 bits per heavy atom. The largest absolute Gasteiger partial charge is 0.339 e. The molecule has 0 aliphatic carbocycles. The molecule has 1 N–H and O–H groups in total. The summed E-state index contributed by atoms with van der Waals surface area (Å²) in [6, 6.07) is 10.3. The van der Waals surface area contributed by atoms with Gasteiger partial charge in [0, 0.05) is 11.3 Å². The molecule has 106 valence electrons. The Balaban J connectivity index is 1.51. The molecule has 1 fully saturated rings. The first kappa shape index (κ1) is 13.6. The zero-order valence-corrected chi connectivity index (χ0v) is 12.2. The molecule has 3 rings (SSSR count). The minimum atomic E-state index is 0.638. The van der Waals surface area contributed by atoms with E-state index in [1.807, 2.05) is 18.2 Å². The van der Waals surface area contributed by atoms with Crippen LogP contribution in [0.25, 0.3) is 0 Å². The van der Waals surface area contributed by atoms with E-state index in [1.165, 1.54) is 17.7 Å². The Morgan fingerprint density at radius 3 is 3.00 bits per heavy atom. The summed E-state index contributed by atoms with van der Waals surface area (Å²) in [4.78, 5) is 5.72. The van der Waals surface area contributed by atoms with Gasteiger partial charge in [0.1, 0.15) is 0 Å². The van der Waals surface area contributed by atoms with Gasteiger partial charge in [0.2, 0.25) is 5.89 Å². The number of aromatic nitrogens is 2. The SMILES string of the molecule is c1ccc(SCc2noc(CC3CCCNC3)n2)cc1. The first-order valence-corrected chi connectivity index (χ1v) is 8.09. The number of rotatable bonds is 5. The van der Waals surface area contributed by atoms with Crippen LogP contribution in [-0.4, -0.2) is 23.2 Å². The zero-order valence-electron chi connectivity index (χ0n) is 11.4. The molecule has 1 aromatic heterocycles. The summed E-state index contributed by atoms with van der Waals surface area (Å²) < 4.78 is 5.35. The van der Waals surface area contributed by atoms with Gasteiger partial charge in [-0.1, -0.05) is 23.4 Å². The van der Waals surface area contributed by atoms with E-state index in [0.717, 1.165) is 37.0 Å². The highest BCUT2D eigenvalue weighted by Gasteiger charge is 2.17. The molecule has 0 bridgehead atoms. The van der Waals surface area contributed by atoms with Crippen molar-refractivity contribution in [1.82, 2.24) is 15.5 Å². The minimum absolute atomic E-state index is 0.638. The second-order valence-corrected chi connectivity index (χ2v) is 6.17. The molecule has 1 aliphatic rings. The first-order valence-electron chi connectivity index (χ1n) is 7.10. The monoisotopic (exact) mass is 289 g/mol. The van der Waals surface area contributed by atoms with Crippen molar-refractivity contribution in [1.29, 1.82) is 0 Å². The summed E-state index contributed by atoms with van der Waals surface area (Å²) in [6.45, 7) is 2.20. The van der Waals surface area contributed by atoms with Gasteiger partial charge in [-0.25, -0.2) is 0 Å². The van der Waals surface area contributed by atoms with Gasteiger partial charge in [0.25, 0.3) is 0 Å². The average molecular weight is 289 g/mol. The first-order chi connectivity index (χ1) is 9.90. The second kappa shape index (κ2) is 6.90. The van der Waals surface area contributed by atoms with Crippen LogP contribution in [0.3, 0.4) is 0 Å². The second-order valence-electron chi connectivity index (χ2n) is 5.12. The molecule has 1 saturated heterocycles. The van der Waals surface area contributed by atoms with Gasteiger partial charge in [-0.15, -0.1) is 11.8 Å². The lowest BCUT2D eigenvalue weighted by Crippen LogP contribution is -2.30. The summed E-state index contributed by atoms with van der Waals surface area (Å²) in [7, 11) is 0. The van der Waals surface area contributed by atoms with Crippen LogP contribution >= 0.6 is 11.8 Å². The number of benzene rings is 1. The Kier molecular flexibility index (Phi) is 4.71. The average Bonchev–Trinajstić information content (AvgIpc) is 2.95. The van der Waals surface area contributed by atoms with E-state index in [1.54, 1.807) is 11.8 Å². The van der Waals surface area contributed by atoms with E-state index in [4.69, 9.17) is 4.52 Å². The van der Waals surface area contributed by atoms with E-state index in [0.29, 0.717) is 5.92 Å². The highest BCUT2D eigenvalue weighted by atomic mass is 32.2. The molecule has 1 unspecified atom stereocenters.